The topological polar surface area (TPSA) is 126 Å². The van der Waals surface area contributed by atoms with Crippen LogP contribution in [-0.2, 0) is 19.3 Å². The highest BCUT2D eigenvalue weighted by Gasteiger charge is 2.33. The summed E-state index contributed by atoms with van der Waals surface area (Å²) in [6.45, 7) is 2.67. The van der Waals surface area contributed by atoms with Gasteiger partial charge in [-0.1, -0.05) is 12.1 Å². The second kappa shape index (κ2) is 8.91. The summed E-state index contributed by atoms with van der Waals surface area (Å²) in [6.07, 6.45) is -5.64. The zero-order chi connectivity index (χ0) is 26.4. The molecule has 0 saturated heterocycles. The van der Waals surface area contributed by atoms with Crippen molar-refractivity contribution in [1.82, 2.24) is 13.7 Å². The minimum atomic E-state index is -4.66. The van der Waals surface area contributed by atoms with Gasteiger partial charge in [-0.05, 0) is 43.2 Å². The van der Waals surface area contributed by atoms with E-state index in [2.05, 4.69) is 4.74 Å². The molecular formula is C23H18F3N3O7. The quantitative estimate of drug-likeness (QED) is 0.412. The van der Waals surface area contributed by atoms with E-state index in [1.54, 1.807) is 6.92 Å². The van der Waals surface area contributed by atoms with E-state index < -0.39 is 47.2 Å². The van der Waals surface area contributed by atoms with Crippen molar-refractivity contribution >= 4 is 17.3 Å². The van der Waals surface area contributed by atoms with Crippen LogP contribution >= 0.6 is 0 Å². The number of hydrogen-bond acceptors (Lipinski definition) is 6. The lowest BCUT2D eigenvalue weighted by molar-refractivity contribution is -0.138. The molecule has 188 valence electrons. The van der Waals surface area contributed by atoms with E-state index in [4.69, 9.17) is 9.52 Å². The first-order chi connectivity index (χ1) is 16.9. The van der Waals surface area contributed by atoms with Gasteiger partial charge in [0.1, 0.15) is 0 Å². The third-order valence-electron chi connectivity index (χ3n) is 5.66. The third kappa shape index (κ3) is 4.30. The molecule has 0 aliphatic heterocycles. The number of alkyl halides is 3. The molecular weight excluding hydrogens is 487 g/mol. The average molecular weight is 505 g/mol. The lowest BCUT2D eigenvalue weighted by atomic mass is 10.0. The van der Waals surface area contributed by atoms with Crippen LogP contribution in [-0.4, -0.2) is 25.0 Å². The first-order valence-electron chi connectivity index (χ1n) is 10.5. The highest BCUT2D eigenvalue weighted by Crippen LogP contribution is 2.33. The lowest BCUT2D eigenvalue weighted by Gasteiger charge is -2.16. The standard InChI is InChI=1S/C23H18F3N3O7/c1-3-27-16-8-7-14(9-17(16)35-21(27)32)28-11-18(36-22(33)34)19(30)29(20(28)31)10-13-5-4-6-15(12(13)2)23(24,25)26/h4-9,11H,3,10H2,1-2H3,(H,33,34). The smallest absolute Gasteiger partial charge is 0.449 e. The molecule has 0 aliphatic carbocycles. The number of carboxylic acid groups (broad SMARTS) is 1. The lowest BCUT2D eigenvalue weighted by Crippen LogP contribution is -2.40. The van der Waals surface area contributed by atoms with Gasteiger partial charge in [0.15, 0.2) is 5.58 Å². The van der Waals surface area contributed by atoms with Crippen molar-refractivity contribution in [3.63, 3.8) is 0 Å². The fourth-order valence-electron chi connectivity index (χ4n) is 3.90. The zero-order valence-electron chi connectivity index (χ0n) is 18.8. The van der Waals surface area contributed by atoms with Crippen molar-refractivity contribution in [2.24, 2.45) is 0 Å². The van der Waals surface area contributed by atoms with Gasteiger partial charge in [0.2, 0.25) is 5.75 Å². The van der Waals surface area contributed by atoms with E-state index in [0.29, 0.717) is 16.6 Å². The first-order valence-corrected chi connectivity index (χ1v) is 10.5. The van der Waals surface area contributed by atoms with Crippen molar-refractivity contribution in [2.45, 2.75) is 33.1 Å². The average Bonchev–Trinajstić information content (AvgIpc) is 3.12. The molecule has 0 aliphatic rings. The monoisotopic (exact) mass is 505 g/mol. The van der Waals surface area contributed by atoms with Gasteiger partial charge >= 0.3 is 23.8 Å². The molecule has 2 aromatic carbocycles. The van der Waals surface area contributed by atoms with Crippen molar-refractivity contribution in [2.75, 3.05) is 0 Å². The molecule has 2 aromatic heterocycles. The number of carbonyl (C=O) groups is 1. The predicted octanol–water partition coefficient (Wildman–Crippen LogP) is 3.36. The molecule has 0 fully saturated rings. The summed E-state index contributed by atoms with van der Waals surface area (Å²) in [5, 5.41) is 9.04. The fourth-order valence-corrected chi connectivity index (χ4v) is 3.90. The zero-order valence-corrected chi connectivity index (χ0v) is 18.8. The molecule has 0 amide bonds. The van der Waals surface area contributed by atoms with E-state index in [9.17, 15) is 32.3 Å². The minimum absolute atomic E-state index is 0.0181. The van der Waals surface area contributed by atoms with E-state index in [1.165, 1.54) is 35.8 Å². The van der Waals surface area contributed by atoms with Crippen molar-refractivity contribution in [1.29, 1.82) is 0 Å². The molecule has 0 radical (unpaired) electrons. The maximum absolute atomic E-state index is 13.4. The largest absolute Gasteiger partial charge is 0.511 e. The van der Waals surface area contributed by atoms with Gasteiger partial charge in [-0.2, -0.15) is 13.2 Å². The van der Waals surface area contributed by atoms with Crippen LogP contribution in [0.2, 0.25) is 0 Å². The fraction of sp³-hybridized carbons (Fsp3) is 0.217. The number of benzene rings is 2. The van der Waals surface area contributed by atoms with Gasteiger partial charge in [-0.25, -0.2) is 14.4 Å². The summed E-state index contributed by atoms with van der Waals surface area (Å²) in [5.41, 5.74) is -2.60. The summed E-state index contributed by atoms with van der Waals surface area (Å²) < 4.78 is 52.6. The molecule has 0 bridgehead atoms. The summed E-state index contributed by atoms with van der Waals surface area (Å²) in [4.78, 5) is 49.3. The third-order valence-corrected chi connectivity index (χ3v) is 5.66. The van der Waals surface area contributed by atoms with Crippen LogP contribution in [0.5, 0.6) is 5.75 Å². The van der Waals surface area contributed by atoms with Crippen LogP contribution in [0.25, 0.3) is 16.8 Å². The Hall–Kier alpha value is -4.55. The number of rotatable bonds is 5. The number of halogens is 3. The Bertz CT molecular complexity index is 1680. The normalized spacial score (nSPS) is 11.7. The maximum atomic E-state index is 13.4. The molecule has 0 spiro atoms. The van der Waals surface area contributed by atoms with Crippen LogP contribution in [0.3, 0.4) is 0 Å². The second-order valence-corrected chi connectivity index (χ2v) is 7.76. The van der Waals surface area contributed by atoms with Gasteiger partial charge in [-0.3, -0.25) is 18.5 Å². The number of nitrogens with zero attached hydrogens (tertiary/aromatic N) is 3. The highest BCUT2D eigenvalue weighted by atomic mass is 19.4. The highest BCUT2D eigenvalue weighted by molar-refractivity contribution is 5.75. The van der Waals surface area contributed by atoms with E-state index in [-0.39, 0.29) is 22.4 Å². The van der Waals surface area contributed by atoms with Gasteiger partial charge < -0.3 is 14.3 Å². The summed E-state index contributed by atoms with van der Waals surface area (Å²) >= 11 is 0. The molecule has 4 aromatic rings. The Morgan fingerprint density at radius 1 is 1.11 bits per heavy atom. The summed E-state index contributed by atoms with van der Waals surface area (Å²) in [5.74, 6) is -1.38. The van der Waals surface area contributed by atoms with Crippen LogP contribution < -0.4 is 21.7 Å². The van der Waals surface area contributed by atoms with E-state index in [0.717, 1.165) is 22.9 Å². The molecule has 36 heavy (non-hydrogen) atoms. The van der Waals surface area contributed by atoms with Crippen LogP contribution in [0.1, 0.15) is 23.6 Å². The Labute approximate surface area is 199 Å². The number of aryl methyl sites for hydroxylation is 1. The van der Waals surface area contributed by atoms with Gasteiger partial charge in [0.25, 0.3) is 5.56 Å². The molecule has 1 N–H and O–H groups in total. The molecule has 4 rings (SSSR count). The van der Waals surface area contributed by atoms with Gasteiger partial charge in [-0.15, -0.1) is 0 Å². The molecule has 0 unspecified atom stereocenters. The number of hydrogen-bond donors (Lipinski definition) is 1. The van der Waals surface area contributed by atoms with Crippen LogP contribution in [0.4, 0.5) is 18.0 Å². The Balaban J connectivity index is 1.93. The molecule has 0 saturated carbocycles. The predicted molar refractivity (Wildman–Crippen MR) is 120 cm³/mol. The molecule has 10 nitrogen and oxygen atoms in total. The number of ether oxygens (including phenoxy) is 1. The number of oxazole rings is 1. The maximum Gasteiger partial charge on any atom is 0.511 e. The number of fused-ring (bicyclic) bond motifs is 1. The Morgan fingerprint density at radius 2 is 1.83 bits per heavy atom. The van der Waals surface area contributed by atoms with Crippen LogP contribution in [0, 0.1) is 6.92 Å². The van der Waals surface area contributed by atoms with Gasteiger partial charge in [0, 0.05) is 12.6 Å². The number of aromatic nitrogens is 3. The summed E-state index contributed by atoms with van der Waals surface area (Å²) in [6, 6.07) is 7.59. The van der Waals surface area contributed by atoms with E-state index in [1.807, 2.05) is 0 Å². The second-order valence-electron chi connectivity index (χ2n) is 7.76. The van der Waals surface area contributed by atoms with Crippen LogP contribution in [0.15, 0.2) is 61.4 Å². The summed E-state index contributed by atoms with van der Waals surface area (Å²) in [7, 11) is 0. The van der Waals surface area contributed by atoms with Gasteiger partial charge in [0.05, 0.1) is 29.5 Å². The Kier molecular flexibility index (Phi) is 6.08. The SMILES string of the molecule is CCn1c(=O)oc2cc(-n3cc(OC(=O)O)c(=O)n(Cc4cccc(C(F)(F)F)c4C)c3=O)ccc21. The molecule has 2 heterocycles. The molecule has 0 atom stereocenters. The van der Waals surface area contributed by atoms with Crippen molar-refractivity contribution in [3.8, 4) is 11.4 Å². The first kappa shape index (κ1) is 24.6. The van der Waals surface area contributed by atoms with Crippen molar-refractivity contribution in [3.05, 3.63) is 90.7 Å². The van der Waals surface area contributed by atoms with E-state index >= 15 is 0 Å². The minimum Gasteiger partial charge on any atom is -0.449 e. The molecule has 13 heteroatoms. The Morgan fingerprint density at radius 3 is 2.47 bits per heavy atom. The van der Waals surface area contributed by atoms with Crippen molar-refractivity contribution < 1.29 is 32.2 Å².